The highest BCUT2D eigenvalue weighted by atomic mass is 16.7. The summed E-state index contributed by atoms with van der Waals surface area (Å²) in [5.41, 5.74) is 3.35. The normalized spacial score (nSPS) is 20.0. The first-order valence-corrected chi connectivity index (χ1v) is 8.68. The van der Waals surface area contributed by atoms with Gasteiger partial charge in [-0.25, -0.2) is 0 Å². The first-order valence-electron chi connectivity index (χ1n) is 8.68. The van der Waals surface area contributed by atoms with Crippen LogP contribution in [0.4, 0.5) is 0 Å². The van der Waals surface area contributed by atoms with Crippen molar-refractivity contribution in [3.63, 3.8) is 0 Å². The summed E-state index contributed by atoms with van der Waals surface area (Å²) >= 11 is 0. The summed E-state index contributed by atoms with van der Waals surface area (Å²) in [6.45, 7) is 9.69. The third-order valence-electron chi connectivity index (χ3n) is 5.08. The number of rotatable bonds is 5. The summed E-state index contributed by atoms with van der Waals surface area (Å²) in [5.74, 6) is 0.695. The van der Waals surface area contributed by atoms with E-state index in [1.165, 1.54) is 0 Å². The van der Waals surface area contributed by atoms with E-state index >= 15 is 0 Å². The van der Waals surface area contributed by atoms with Gasteiger partial charge in [-0.15, -0.1) is 0 Å². The maximum Gasteiger partial charge on any atom is 0.256 e. The number of nitrogens with one attached hydrogen (secondary N) is 1. The van der Waals surface area contributed by atoms with Gasteiger partial charge < -0.3 is 14.9 Å². The lowest BCUT2D eigenvalue weighted by Gasteiger charge is -2.39. The number of hydroxylamine groups is 2. The second kappa shape index (κ2) is 7.02. The van der Waals surface area contributed by atoms with Crippen molar-refractivity contribution in [3.05, 3.63) is 53.3 Å². The Morgan fingerprint density at radius 1 is 1.32 bits per heavy atom. The summed E-state index contributed by atoms with van der Waals surface area (Å²) in [4.78, 5) is 18.2. The first-order chi connectivity index (χ1) is 12.0. The highest BCUT2D eigenvalue weighted by Gasteiger charge is 2.49. The monoisotopic (exact) mass is 342 g/mol. The molecule has 134 valence electrons. The maximum absolute atomic E-state index is 12.9. The number of ether oxygens (including phenoxy) is 1. The molecule has 1 amide bonds. The van der Waals surface area contributed by atoms with Crippen LogP contribution in [0.25, 0.3) is 5.57 Å². The number of amides is 1. The van der Waals surface area contributed by atoms with Crippen LogP contribution in [0.1, 0.15) is 29.5 Å². The van der Waals surface area contributed by atoms with Gasteiger partial charge in [0.15, 0.2) is 0 Å². The van der Waals surface area contributed by atoms with Crippen LogP contribution in [0.15, 0.2) is 36.6 Å². The molecule has 3 rings (SSSR count). The van der Waals surface area contributed by atoms with Crippen molar-refractivity contribution in [3.8, 4) is 0 Å². The molecule has 0 atom stereocenters. The van der Waals surface area contributed by atoms with E-state index in [4.69, 9.17) is 9.57 Å². The zero-order valence-electron chi connectivity index (χ0n) is 15.2. The van der Waals surface area contributed by atoms with Gasteiger partial charge in [0.1, 0.15) is 17.9 Å². The zero-order valence-corrected chi connectivity index (χ0v) is 15.2. The van der Waals surface area contributed by atoms with Gasteiger partial charge in [0.25, 0.3) is 5.91 Å². The molecular weight excluding hydrogens is 316 g/mol. The molecule has 2 heterocycles. The Morgan fingerprint density at radius 3 is 2.68 bits per heavy atom. The van der Waals surface area contributed by atoms with Crippen LogP contribution in [0.3, 0.4) is 0 Å². The van der Waals surface area contributed by atoms with E-state index < -0.39 is 5.54 Å². The number of hydrogen-bond acceptors (Lipinski definition) is 4. The van der Waals surface area contributed by atoms with Gasteiger partial charge >= 0.3 is 0 Å². The SMILES string of the molecule is C=CCOC1=C(c2cc(C)ccc2C)C(=O)NC12CCN(OC)CC2. The predicted octanol–water partition coefficient (Wildman–Crippen LogP) is 2.74. The van der Waals surface area contributed by atoms with E-state index in [0.717, 1.165) is 48.4 Å². The van der Waals surface area contributed by atoms with E-state index in [0.29, 0.717) is 12.2 Å². The molecule has 1 saturated heterocycles. The second-order valence-electron chi connectivity index (χ2n) is 6.77. The van der Waals surface area contributed by atoms with E-state index in [1.54, 1.807) is 13.2 Å². The van der Waals surface area contributed by atoms with Crippen LogP contribution in [-0.2, 0) is 14.4 Å². The minimum absolute atomic E-state index is 0.0568. The third-order valence-corrected chi connectivity index (χ3v) is 5.08. The standard InChI is InChI=1S/C20H26N2O3/c1-5-12-25-18-17(16-13-14(2)6-7-15(16)3)19(23)21-20(18)8-10-22(24-4)11-9-20/h5-7,13H,1,8-12H2,2-4H3,(H,21,23). The van der Waals surface area contributed by atoms with Gasteiger partial charge in [0.2, 0.25) is 0 Å². The van der Waals surface area contributed by atoms with Crippen molar-refractivity contribution in [2.45, 2.75) is 32.2 Å². The Hall–Kier alpha value is -2.11. The Labute approximate surface area is 149 Å². The van der Waals surface area contributed by atoms with Crippen molar-refractivity contribution < 1.29 is 14.4 Å². The highest BCUT2D eigenvalue weighted by Crippen LogP contribution is 2.41. The second-order valence-corrected chi connectivity index (χ2v) is 6.77. The lowest BCUT2D eigenvalue weighted by molar-refractivity contribution is -0.152. The molecule has 25 heavy (non-hydrogen) atoms. The smallest absolute Gasteiger partial charge is 0.256 e. The number of benzene rings is 1. The molecule has 2 aliphatic rings. The Bertz CT molecular complexity index is 716. The summed E-state index contributed by atoms with van der Waals surface area (Å²) in [5, 5.41) is 5.13. The molecule has 1 spiro atoms. The maximum atomic E-state index is 12.9. The lowest BCUT2D eigenvalue weighted by Crippen LogP contribution is -2.53. The minimum Gasteiger partial charge on any atom is -0.491 e. The fourth-order valence-corrected chi connectivity index (χ4v) is 3.68. The fraction of sp³-hybridized carbons (Fsp3) is 0.450. The molecule has 5 heteroatoms. The van der Waals surface area contributed by atoms with Gasteiger partial charge in [0.05, 0.1) is 12.7 Å². The van der Waals surface area contributed by atoms with Gasteiger partial charge in [-0.2, -0.15) is 5.06 Å². The van der Waals surface area contributed by atoms with Crippen LogP contribution in [0, 0.1) is 13.8 Å². The molecule has 0 aliphatic carbocycles. The van der Waals surface area contributed by atoms with E-state index in [-0.39, 0.29) is 5.91 Å². The molecule has 0 saturated carbocycles. The topological polar surface area (TPSA) is 50.8 Å². The van der Waals surface area contributed by atoms with E-state index in [1.807, 2.05) is 18.9 Å². The van der Waals surface area contributed by atoms with Gasteiger partial charge in [-0.3, -0.25) is 4.79 Å². The molecule has 0 aromatic heterocycles. The van der Waals surface area contributed by atoms with Crippen molar-refractivity contribution in [1.29, 1.82) is 0 Å². The third kappa shape index (κ3) is 3.22. The molecule has 0 unspecified atom stereocenters. The quantitative estimate of drug-likeness (QED) is 0.836. The molecule has 0 bridgehead atoms. The van der Waals surface area contributed by atoms with Gasteiger partial charge in [0, 0.05) is 13.1 Å². The zero-order chi connectivity index (χ0) is 18.0. The van der Waals surface area contributed by atoms with E-state index in [9.17, 15) is 4.79 Å². The number of carbonyl (C=O) groups is 1. The molecule has 0 radical (unpaired) electrons. The largest absolute Gasteiger partial charge is 0.491 e. The van der Waals surface area contributed by atoms with Crippen molar-refractivity contribution in [2.24, 2.45) is 0 Å². The van der Waals surface area contributed by atoms with Crippen LogP contribution in [0.2, 0.25) is 0 Å². The molecule has 5 nitrogen and oxygen atoms in total. The molecular formula is C20H26N2O3. The molecule has 1 fully saturated rings. The summed E-state index contributed by atoms with van der Waals surface area (Å²) in [6.07, 6.45) is 3.23. The lowest BCUT2D eigenvalue weighted by atomic mass is 9.85. The number of piperidine rings is 1. The highest BCUT2D eigenvalue weighted by molar-refractivity contribution is 6.23. The molecule has 1 aromatic rings. The van der Waals surface area contributed by atoms with Crippen LogP contribution < -0.4 is 5.32 Å². The number of aryl methyl sites for hydroxylation is 2. The summed E-state index contributed by atoms with van der Waals surface area (Å²) in [6, 6.07) is 6.17. The first kappa shape index (κ1) is 17.7. The van der Waals surface area contributed by atoms with Crippen LogP contribution >= 0.6 is 0 Å². The summed E-state index contributed by atoms with van der Waals surface area (Å²) < 4.78 is 6.07. The number of hydrogen-bond donors (Lipinski definition) is 1. The van der Waals surface area contributed by atoms with Crippen molar-refractivity contribution >= 4 is 11.5 Å². The molecule has 1 N–H and O–H groups in total. The Kier molecular flexibility index (Phi) is 4.97. The van der Waals surface area contributed by atoms with Crippen molar-refractivity contribution in [1.82, 2.24) is 10.4 Å². The predicted molar refractivity (Wildman–Crippen MR) is 97.7 cm³/mol. The van der Waals surface area contributed by atoms with Crippen molar-refractivity contribution in [2.75, 3.05) is 26.8 Å². The average Bonchev–Trinajstić information content (AvgIpc) is 2.87. The number of carbonyl (C=O) groups excluding carboxylic acids is 1. The van der Waals surface area contributed by atoms with Gasteiger partial charge in [-0.05, 0) is 37.8 Å². The Morgan fingerprint density at radius 2 is 2.04 bits per heavy atom. The molecule has 2 aliphatic heterocycles. The number of nitrogens with zero attached hydrogens (tertiary/aromatic N) is 1. The van der Waals surface area contributed by atoms with E-state index in [2.05, 4.69) is 30.1 Å². The minimum atomic E-state index is -0.458. The molecule has 1 aromatic carbocycles. The Balaban J connectivity index is 2.07. The fourth-order valence-electron chi connectivity index (χ4n) is 3.68. The average molecular weight is 342 g/mol. The van der Waals surface area contributed by atoms with Gasteiger partial charge in [-0.1, -0.05) is 36.4 Å². The van der Waals surface area contributed by atoms with Crippen LogP contribution in [-0.4, -0.2) is 43.3 Å². The summed E-state index contributed by atoms with van der Waals surface area (Å²) in [7, 11) is 1.68. The van der Waals surface area contributed by atoms with Crippen LogP contribution in [0.5, 0.6) is 0 Å².